The van der Waals surface area contributed by atoms with Crippen molar-refractivity contribution in [2.24, 2.45) is 5.41 Å². The van der Waals surface area contributed by atoms with Gasteiger partial charge in [0.05, 0.1) is 11.3 Å². The molecule has 3 rings (SSSR count). The quantitative estimate of drug-likeness (QED) is 0.778. The molecule has 0 unspecified atom stereocenters. The van der Waals surface area contributed by atoms with Gasteiger partial charge >= 0.3 is 6.18 Å². The third kappa shape index (κ3) is 3.76. The van der Waals surface area contributed by atoms with Crippen molar-refractivity contribution in [3.05, 3.63) is 28.8 Å². The van der Waals surface area contributed by atoms with Gasteiger partial charge in [-0.3, -0.25) is 9.59 Å². The molecule has 2 aliphatic rings. The second-order valence-corrected chi connectivity index (χ2v) is 7.12. The van der Waals surface area contributed by atoms with Crippen molar-refractivity contribution in [3.8, 4) is 0 Å². The number of halogens is 4. The zero-order chi connectivity index (χ0) is 18.2. The minimum Gasteiger partial charge on any atom is -0.352 e. The van der Waals surface area contributed by atoms with E-state index in [1.807, 2.05) is 0 Å². The number of hydrogen-bond donors (Lipinski definition) is 2. The molecule has 2 amide bonds. The highest BCUT2D eigenvalue weighted by Gasteiger charge is 2.57. The fourth-order valence-corrected chi connectivity index (χ4v) is 3.35. The van der Waals surface area contributed by atoms with Crippen molar-refractivity contribution in [1.29, 1.82) is 0 Å². The van der Waals surface area contributed by atoms with Crippen LogP contribution in [0.4, 0.5) is 18.9 Å². The van der Waals surface area contributed by atoms with Crippen LogP contribution in [0.1, 0.15) is 44.1 Å². The average molecular weight is 375 g/mol. The van der Waals surface area contributed by atoms with Crippen LogP contribution in [0.5, 0.6) is 0 Å². The Kier molecular flexibility index (Phi) is 4.70. The van der Waals surface area contributed by atoms with Crippen molar-refractivity contribution < 1.29 is 22.8 Å². The summed E-state index contributed by atoms with van der Waals surface area (Å²) >= 11 is 5.63. The number of alkyl halides is 3. The van der Waals surface area contributed by atoms with Crippen LogP contribution in [0.2, 0.25) is 5.02 Å². The van der Waals surface area contributed by atoms with Gasteiger partial charge in [0.2, 0.25) is 11.8 Å². The third-order valence-corrected chi connectivity index (χ3v) is 5.08. The maximum Gasteiger partial charge on any atom is 0.418 e. The lowest BCUT2D eigenvalue weighted by molar-refractivity contribution is -0.137. The van der Waals surface area contributed by atoms with Crippen molar-refractivity contribution in [2.75, 3.05) is 5.32 Å². The van der Waals surface area contributed by atoms with Crippen molar-refractivity contribution in [1.82, 2.24) is 5.32 Å². The molecule has 136 valence electrons. The Hall–Kier alpha value is -1.76. The molecule has 2 N–H and O–H groups in total. The molecule has 2 fully saturated rings. The van der Waals surface area contributed by atoms with Crippen molar-refractivity contribution in [3.63, 3.8) is 0 Å². The average Bonchev–Trinajstić information content (AvgIpc) is 3.20. The molecule has 2 aliphatic carbocycles. The monoisotopic (exact) mass is 374 g/mol. The summed E-state index contributed by atoms with van der Waals surface area (Å²) in [6.07, 6.45) is -0.166. The predicted octanol–water partition coefficient (Wildman–Crippen LogP) is 4.14. The number of benzene rings is 1. The highest BCUT2D eigenvalue weighted by molar-refractivity contribution is 6.30. The number of carbonyl (C=O) groups is 2. The molecular weight excluding hydrogens is 357 g/mol. The van der Waals surface area contributed by atoms with Gasteiger partial charge in [-0.1, -0.05) is 24.4 Å². The van der Waals surface area contributed by atoms with Crippen LogP contribution in [-0.4, -0.2) is 17.9 Å². The molecule has 25 heavy (non-hydrogen) atoms. The second-order valence-electron chi connectivity index (χ2n) is 6.68. The van der Waals surface area contributed by atoms with Gasteiger partial charge in [-0.25, -0.2) is 0 Å². The second kappa shape index (κ2) is 6.52. The standard InChI is InChI=1S/C17H18ClF3N2O2/c18-10-5-6-13(12(9-10)17(19,20)21)23-15(25)16(7-8-16)14(24)22-11-3-1-2-4-11/h5-6,9,11H,1-4,7-8H2,(H,22,24)(H,23,25). The topological polar surface area (TPSA) is 58.2 Å². The lowest BCUT2D eigenvalue weighted by atomic mass is 10.0. The maximum absolute atomic E-state index is 13.1. The van der Waals surface area contributed by atoms with E-state index in [2.05, 4.69) is 10.6 Å². The first-order valence-corrected chi connectivity index (χ1v) is 8.59. The molecular formula is C17H18ClF3N2O2. The Bertz CT molecular complexity index is 696. The van der Waals surface area contributed by atoms with E-state index in [-0.39, 0.29) is 22.7 Å². The molecule has 0 spiro atoms. The Morgan fingerprint density at radius 3 is 2.32 bits per heavy atom. The maximum atomic E-state index is 13.1. The van der Waals surface area contributed by atoms with Crippen LogP contribution in [0.25, 0.3) is 0 Å². The van der Waals surface area contributed by atoms with Gasteiger partial charge in [0.15, 0.2) is 0 Å². The van der Waals surface area contributed by atoms with Crippen LogP contribution >= 0.6 is 11.6 Å². The Balaban J connectivity index is 1.75. The zero-order valence-electron chi connectivity index (χ0n) is 13.4. The first-order valence-electron chi connectivity index (χ1n) is 8.21. The summed E-state index contributed by atoms with van der Waals surface area (Å²) in [6, 6.07) is 3.19. The third-order valence-electron chi connectivity index (χ3n) is 4.84. The summed E-state index contributed by atoms with van der Waals surface area (Å²) in [6.45, 7) is 0. The number of anilines is 1. The summed E-state index contributed by atoms with van der Waals surface area (Å²) in [7, 11) is 0. The largest absolute Gasteiger partial charge is 0.418 e. The predicted molar refractivity (Wildman–Crippen MR) is 87.1 cm³/mol. The Labute approximate surface area is 148 Å². The van der Waals surface area contributed by atoms with Crippen LogP contribution in [0.3, 0.4) is 0 Å². The number of carbonyl (C=O) groups excluding carboxylic acids is 2. The van der Waals surface area contributed by atoms with E-state index in [1.165, 1.54) is 6.07 Å². The summed E-state index contributed by atoms with van der Waals surface area (Å²) in [5.41, 5.74) is -2.67. The fourth-order valence-electron chi connectivity index (χ4n) is 3.18. The van der Waals surface area contributed by atoms with E-state index in [1.54, 1.807) is 0 Å². The van der Waals surface area contributed by atoms with Gasteiger partial charge < -0.3 is 10.6 Å². The van der Waals surface area contributed by atoms with E-state index < -0.39 is 23.1 Å². The molecule has 0 heterocycles. The van der Waals surface area contributed by atoms with Crippen molar-refractivity contribution >= 4 is 29.1 Å². The van der Waals surface area contributed by atoms with Gasteiger partial charge in [0.1, 0.15) is 5.41 Å². The molecule has 0 aliphatic heterocycles. The number of nitrogens with one attached hydrogen (secondary N) is 2. The molecule has 0 saturated heterocycles. The molecule has 0 radical (unpaired) electrons. The first-order chi connectivity index (χ1) is 11.7. The molecule has 8 heteroatoms. The van der Waals surface area contributed by atoms with Crippen molar-refractivity contribution in [2.45, 2.75) is 50.7 Å². The smallest absolute Gasteiger partial charge is 0.352 e. The fraction of sp³-hybridized carbons (Fsp3) is 0.529. The molecule has 4 nitrogen and oxygen atoms in total. The van der Waals surface area contributed by atoms with E-state index in [0.29, 0.717) is 12.8 Å². The van der Waals surface area contributed by atoms with E-state index in [4.69, 9.17) is 11.6 Å². The van der Waals surface area contributed by atoms with Crippen LogP contribution < -0.4 is 10.6 Å². The lowest BCUT2D eigenvalue weighted by Gasteiger charge is -2.20. The lowest BCUT2D eigenvalue weighted by Crippen LogP contribution is -2.43. The zero-order valence-corrected chi connectivity index (χ0v) is 14.1. The molecule has 1 aromatic carbocycles. The number of rotatable bonds is 4. The normalized spacial score (nSPS) is 19.5. The Morgan fingerprint density at radius 2 is 1.76 bits per heavy atom. The highest BCUT2D eigenvalue weighted by Crippen LogP contribution is 2.48. The van der Waals surface area contributed by atoms with Crippen LogP contribution in [0, 0.1) is 5.41 Å². The Morgan fingerprint density at radius 1 is 1.12 bits per heavy atom. The minimum atomic E-state index is -4.66. The summed E-state index contributed by atoms with van der Waals surface area (Å²) in [5, 5.41) is 5.06. The highest BCUT2D eigenvalue weighted by atomic mass is 35.5. The van der Waals surface area contributed by atoms with E-state index >= 15 is 0 Å². The summed E-state index contributed by atoms with van der Waals surface area (Å²) in [5.74, 6) is -1.09. The summed E-state index contributed by atoms with van der Waals surface area (Å²) in [4.78, 5) is 24.9. The molecule has 0 aromatic heterocycles. The van der Waals surface area contributed by atoms with Gasteiger partial charge in [-0.05, 0) is 43.9 Å². The van der Waals surface area contributed by atoms with Crippen LogP contribution in [0.15, 0.2) is 18.2 Å². The minimum absolute atomic E-state index is 0.0547. The van der Waals surface area contributed by atoms with Gasteiger partial charge in [0.25, 0.3) is 0 Å². The molecule has 2 saturated carbocycles. The van der Waals surface area contributed by atoms with Crippen LogP contribution in [-0.2, 0) is 15.8 Å². The number of amides is 2. The van der Waals surface area contributed by atoms with Gasteiger partial charge in [-0.2, -0.15) is 13.2 Å². The van der Waals surface area contributed by atoms with Gasteiger partial charge in [-0.15, -0.1) is 0 Å². The molecule has 1 aromatic rings. The molecule has 0 atom stereocenters. The SMILES string of the molecule is O=C(Nc1ccc(Cl)cc1C(F)(F)F)C1(C(=O)NC2CCCC2)CC1. The van der Waals surface area contributed by atoms with Gasteiger partial charge in [0, 0.05) is 11.1 Å². The van der Waals surface area contributed by atoms with E-state index in [0.717, 1.165) is 37.8 Å². The first kappa shape index (κ1) is 18.0. The molecule has 0 bridgehead atoms. The summed E-state index contributed by atoms with van der Waals surface area (Å²) < 4.78 is 39.4. The van der Waals surface area contributed by atoms with E-state index in [9.17, 15) is 22.8 Å². The number of hydrogen-bond acceptors (Lipinski definition) is 2.